The van der Waals surface area contributed by atoms with Crippen LogP contribution in [0.15, 0.2) is 43.1 Å². The average molecular weight is 420 g/mol. The molecule has 156 valence electrons. The maximum Gasteiger partial charge on any atom is 0.250 e. The highest BCUT2D eigenvalue weighted by atomic mass is 28.3. The lowest BCUT2D eigenvalue weighted by atomic mass is 10.0. The van der Waals surface area contributed by atoms with Crippen molar-refractivity contribution in [3.05, 3.63) is 48.7 Å². The van der Waals surface area contributed by atoms with Gasteiger partial charge in [-0.2, -0.15) is 0 Å². The number of hydrogen-bond donors (Lipinski definition) is 0. The monoisotopic (exact) mass is 419 g/mol. The summed E-state index contributed by atoms with van der Waals surface area (Å²) in [7, 11) is 0.365. The molecule has 0 aliphatic carbocycles. The Kier molecular flexibility index (Phi) is 5.06. The molecule has 1 aliphatic heterocycles. The maximum atomic E-state index is 12.4. The van der Waals surface area contributed by atoms with Gasteiger partial charge in [0.15, 0.2) is 0 Å². The summed E-state index contributed by atoms with van der Waals surface area (Å²) < 4.78 is 8.25. The van der Waals surface area contributed by atoms with Crippen LogP contribution in [0.4, 0.5) is 5.69 Å². The molecule has 0 spiro atoms. The fraction of sp³-hybridized carbons (Fsp3) is 0.333. The Balaban J connectivity index is 2.04. The summed E-state index contributed by atoms with van der Waals surface area (Å²) in [5, 5.41) is 2.38. The van der Waals surface area contributed by atoms with E-state index in [0.717, 1.165) is 34.5 Å². The summed E-state index contributed by atoms with van der Waals surface area (Å²) in [6.07, 6.45) is 4.08. The van der Waals surface area contributed by atoms with Gasteiger partial charge < -0.3 is 14.2 Å². The maximum absolute atomic E-state index is 12.4. The van der Waals surface area contributed by atoms with Crippen LogP contribution >= 0.6 is 0 Å². The number of nitrogens with zero attached hydrogens (tertiary/aromatic N) is 3. The third kappa shape index (κ3) is 3.15. The van der Waals surface area contributed by atoms with Crippen molar-refractivity contribution in [2.24, 2.45) is 7.05 Å². The van der Waals surface area contributed by atoms with Gasteiger partial charge in [0.1, 0.15) is 11.4 Å². The third-order valence-electron chi connectivity index (χ3n) is 5.75. The van der Waals surface area contributed by atoms with Crippen LogP contribution in [-0.2, 0) is 18.3 Å². The molecule has 6 heteroatoms. The molecule has 5 nitrogen and oxygen atoms in total. The molecule has 0 saturated heterocycles. The second kappa shape index (κ2) is 7.43. The minimum absolute atomic E-state index is 0.0501. The normalized spacial score (nSPS) is 13.6. The van der Waals surface area contributed by atoms with E-state index in [-0.39, 0.29) is 5.91 Å². The van der Waals surface area contributed by atoms with Crippen molar-refractivity contribution in [3.8, 4) is 16.9 Å². The topological polar surface area (TPSA) is 47.4 Å². The van der Waals surface area contributed by atoms with E-state index >= 15 is 0 Å². The van der Waals surface area contributed by atoms with Crippen LogP contribution < -0.4 is 15.0 Å². The standard InChI is InChI=1S/C24H29N3O2Si/c1-7-20(28)27-14-12-16-9-10-17(15-18(16)27)21-22-19(29-8-2)11-13-25-23(22)26(3)24(21)30(4,5)6/h7,9-11,13,15H,1,8,12,14H2,2-6H3. The highest BCUT2D eigenvalue weighted by Gasteiger charge is 2.31. The number of amides is 1. The molecule has 3 aromatic rings. The van der Waals surface area contributed by atoms with Gasteiger partial charge in [-0.1, -0.05) is 38.4 Å². The number of fused-ring (bicyclic) bond motifs is 2. The quantitative estimate of drug-likeness (QED) is 0.459. The summed E-state index contributed by atoms with van der Waals surface area (Å²) in [5.74, 6) is 0.808. The number of carbonyl (C=O) groups excluding carboxylic acids is 1. The van der Waals surface area contributed by atoms with Crippen molar-refractivity contribution < 1.29 is 9.53 Å². The van der Waals surface area contributed by atoms with Crippen molar-refractivity contribution in [1.29, 1.82) is 0 Å². The first-order valence-electron chi connectivity index (χ1n) is 10.5. The first kappa shape index (κ1) is 20.4. The number of rotatable bonds is 5. The minimum atomic E-state index is -1.73. The predicted molar refractivity (Wildman–Crippen MR) is 127 cm³/mol. The molecule has 4 rings (SSSR count). The molecule has 1 aliphatic rings. The van der Waals surface area contributed by atoms with Crippen LogP contribution in [-0.4, -0.2) is 36.7 Å². The lowest BCUT2D eigenvalue weighted by Crippen LogP contribution is -2.43. The number of pyridine rings is 1. The molecule has 1 amide bonds. The Morgan fingerprint density at radius 1 is 1.30 bits per heavy atom. The summed E-state index contributed by atoms with van der Waals surface area (Å²) in [6.45, 7) is 14.0. The zero-order chi connectivity index (χ0) is 21.6. The number of anilines is 1. The van der Waals surface area contributed by atoms with E-state index in [4.69, 9.17) is 9.72 Å². The highest BCUT2D eigenvalue weighted by Crippen LogP contribution is 2.39. The van der Waals surface area contributed by atoms with Crippen molar-refractivity contribution in [3.63, 3.8) is 0 Å². The first-order chi connectivity index (χ1) is 14.3. The number of benzene rings is 1. The van der Waals surface area contributed by atoms with Crippen molar-refractivity contribution >= 4 is 36.0 Å². The van der Waals surface area contributed by atoms with Crippen molar-refractivity contribution in [2.75, 3.05) is 18.1 Å². The molecule has 3 heterocycles. The SMILES string of the molecule is C=CC(=O)N1CCc2ccc(-c3c([Si](C)(C)C)n(C)c4nccc(OCC)c34)cc21. The molecule has 0 N–H and O–H groups in total. The molecule has 0 saturated carbocycles. The lowest BCUT2D eigenvalue weighted by Gasteiger charge is -2.21. The van der Waals surface area contributed by atoms with Gasteiger partial charge in [-0.3, -0.25) is 4.79 Å². The van der Waals surface area contributed by atoms with Gasteiger partial charge in [-0.25, -0.2) is 4.98 Å². The fourth-order valence-electron chi connectivity index (χ4n) is 4.62. The largest absolute Gasteiger partial charge is 0.493 e. The molecule has 0 atom stereocenters. The fourth-order valence-corrected chi connectivity index (χ4v) is 6.76. The van der Waals surface area contributed by atoms with Gasteiger partial charge >= 0.3 is 0 Å². The third-order valence-corrected chi connectivity index (χ3v) is 7.76. The number of aromatic nitrogens is 2. The number of aryl methyl sites for hydroxylation is 1. The van der Waals surface area contributed by atoms with Gasteiger partial charge in [-0.05, 0) is 42.7 Å². The Labute approximate surface area is 179 Å². The van der Waals surface area contributed by atoms with E-state index in [2.05, 4.69) is 56.0 Å². The van der Waals surface area contributed by atoms with E-state index in [9.17, 15) is 4.79 Å². The Morgan fingerprint density at radius 2 is 2.07 bits per heavy atom. The molecule has 0 bridgehead atoms. The van der Waals surface area contributed by atoms with Crippen LogP contribution in [0.1, 0.15) is 12.5 Å². The highest BCUT2D eigenvalue weighted by molar-refractivity contribution is 6.89. The molecule has 0 fully saturated rings. The van der Waals surface area contributed by atoms with Gasteiger partial charge in [0, 0.05) is 36.4 Å². The molecule has 2 aromatic heterocycles. The zero-order valence-corrected chi connectivity index (χ0v) is 19.5. The summed E-state index contributed by atoms with van der Waals surface area (Å²) in [5.41, 5.74) is 5.41. The van der Waals surface area contributed by atoms with Crippen molar-refractivity contribution in [2.45, 2.75) is 33.0 Å². The average Bonchev–Trinajstić information content (AvgIpc) is 3.26. The second-order valence-corrected chi connectivity index (χ2v) is 13.7. The van der Waals surface area contributed by atoms with E-state index in [1.807, 2.05) is 24.1 Å². The van der Waals surface area contributed by atoms with Crippen LogP contribution in [0.3, 0.4) is 0 Å². The number of hydrogen-bond acceptors (Lipinski definition) is 3. The van der Waals surface area contributed by atoms with Crippen LogP contribution in [0.2, 0.25) is 19.6 Å². The lowest BCUT2D eigenvalue weighted by molar-refractivity contribution is -0.114. The Bertz CT molecular complexity index is 1160. The molecule has 0 radical (unpaired) electrons. The van der Waals surface area contributed by atoms with E-state index in [1.54, 1.807) is 0 Å². The predicted octanol–water partition coefficient (Wildman–Crippen LogP) is 4.26. The van der Waals surface area contributed by atoms with Crippen LogP contribution in [0.25, 0.3) is 22.2 Å². The molecule has 30 heavy (non-hydrogen) atoms. The minimum Gasteiger partial charge on any atom is -0.493 e. The van der Waals surface area contributed by atoms with Gasteiger partial charge in [0.25, 0.3) is 0 Å². The number of carbonyl (C=O) groups is 1. The van der Waals surface area contributed by atoms with Crippen LogP contribution in [0.5, 0.6) is 5.75 Å². The summed E-state index contributed by atoms with van der Waals surface area (Å²) >= 11 is 0. The Hall–Kier alpha value is -2.86. The van der Waals surface area contributed by atoms with E-state index in [0.29, 0.717) is 13.2 Å². The van der Waals surface area contributed by atoms with Crippen LogP contribution in [0, 0.1) is 0 Å². The molecule has 1 aromatic carbocycles. The van der Waals surface area contributed by atoms with Gasteiger partial charge in [0.2, 0.25) is 5.91 Å². The first-order valence-corrected chi connectivity index (χ1v) is 14.0. The summed E-state index contributed by atoms with van der Waals surface area (Å²) in [6, 6.07) is 8.45. The molecule has 0 unspecified atom stereocenters. The number of ether oxygens (including phenoxy) is 1. The van der Waals surface area contributed by atoms with Gasteiger partial charge in [0.05, 0.1) is 20.1 Å². The van der Waals surface area contributed by atoms with Crippen molar-refractivity contribution in [1.82, 2.24) is 9.55 Å². The van der Waals surface area contributed by atoms with E-state index < -0.39 is 8.07 Å². The van der Waals surface area contributed by atoms with Gasteiger partial charge in [-0.15, -0.1) is 0 Å². The molecular formula is C24H29N3O2Si. The summed E-state index contributed by atoms with van der Waals surface area (Å²) in [4.78, 5) is 18.9. The molecular weight excluding hydrogens is 390 g/mol. The second-order valence-electron chi connectivity index (χ2n) is 8.76. The van der Waals surface area contributed by atoms with E-state index in [1.165, 1.54) is 22.5 Å². The smallest absolute Gasteiger partial charge is 0.250 e. The Morgan fingerprint density at radius 3 is 2.73 bits per heavy atom. The zero-order valence-electron chi connectivity index (χ0n) is 18.5.